The molecule has 1 fully saturated rings. The van der Waals surface area contributed by atoms with Crippen molar-refractivity contribution in [3.63, 3.8) is 0 Å². The summed E-state index contributed by atoms with van der Waals surface area (Å²) in [6, 6.07) is 1.63. The molecule has 34 heavy (non-hydrogen) atoms. The van der Waals surface area contributed by atoms with Crippen LogP contribution in [0.1, 0.15) is 52.3 Å². The van der Waals surface area contributed by atoms with Crippen LogP contribution in [0.2, 0.25) is 0 Å². The minimum atomic E-state index is -0.263. The molecule has 0 aromatic carbocycles. The molecule has 1 aliphatic heterocycles. The predicted molar refractivity (Wildman–Crippen MR) is 140 cm³/mol. The second-order valence-electron chi connectivity index (χ2n) is 9.38. The third-order valence-corrected chi connectivity index (χ3v) is 5.01. The fourth-order valence-electron chi connectivity index (χ4n) is 3.26. The molecule has 8 nitrogen and oxygen atoms in total. The Morgan fingerprint density at radius 1 is 1.24 bits per heavy atom. The van der Waals surface area contributed by atoms with Gasteiger partial charge >= 0.3 is 6.03 Å². The Hall–Kier alpha value is -2.87. The number of amides is 2. The Morgan fingerprint density at radius 3 is 2.44 bits per heavy atom. The predicted octanol–water partition coefficient (Wildman–Crippen LogP) is 4.29. The average Bonchev–Trinajstić information content (AvgIpc) is 2.78. The third kappa shape index (κ3) is 10.4. The normalized spacial score (nSPS) is 14.6. The smallest absolute Gasteiger partial charge is 0.319 e. The van der Waals surface area contributed by atoms with Gasteiger partial charge in [0.2, 0.25) is 0 Å². The van der Waals surface area contributed by atoms with Crippen LogP contribution < -0.4 is 10.6 Å². The number of anilines is 1. The first-order valence-corrected chi connectivity index (χ1v) is 12.0. The van der Waals surface area contributed by atoms with Crippen LogP contribution in [0.4, 0.5) is 10.5 Å². The molecule has 190 valence electrons. The number of aldehydes is 1. The lowest BCUT2D eigenvalue weighted by Crippen LogP contribution is -2.36. The number of hydrogen-bond donors (Lipinski definition) is 2. The Balaban J connectivity index is 0.00000281. The zero-order valence-corrected chi connectivity index (χ0v) is 22.2. The number of urea groups is 1. The van der Waals surface area contributed by atoms with Crippen LogP contribution in [0.5, 0.6) is 0 Å². The number of carbonyl (C=O) groups is 2. The van der Waals surface area contributed by atoms with Crippen molar-refractivity contribution >= 4 is 23.6 Å². The van der Waals surface area contributed by atoms with Crippen molar-refractivity contribution in [1.29, 1.82) is 0 Å². The third-order valence-electron chi connectivity index (χ3n) is 5.01. The summed E-state index contributed by atoms with van der Waals surface area (Å²) in [4.78, 5) is 32.6. The van der Waals surface area contributed by atoms with Gasteiger partial charge in [-0.15, -0.1) is 0 Å². The Bertz CT molecular complexity index is 850. The lowest BCUT2D eigenvalue weighted by molar-refractivity contribution is -0.106. The van der Waals surface area contributed by atoms with Gasteiger partial charge in [0.05, 0.1) is 30.8 Å². The van der Waals surface area contributed by atoms with Crippen LogP contribution in [-0.2, 0) is 9.53 Å². The lowest BCUT2D eigenvalue weighted by Gasteiger charge is -2.29. The summed E-state index contributed by atoms with van der Waals surface area (Å²) in [5.74, 6) is 0. The summed E-state index contributed by atoms with van der Waals surface area (Å²) in [7, 11) is 3.85. The molecule has 1 saturated heterocycles. The van der Waals surface area contributed by atoms with Gasteiger partial charge in [0.25, 0.3) is 0 Å². The van der Waals surface area contributed by atoms with Crippen molar-refractivity contribution in [2.75, 3.05) is 52.3 Å². The minimum Gasteiger partial charge on any atom is -0.383 e. The topological polar surface area (TPSA) is 86.8 Å². The lowest BCUT2D eigenvalue weighted by atomic mass is 9.92. The summed E-state index contributed by atoms with van der Waals surface area (Å²) in [6.45, 7) is 15.5. The molecule has 2 rings (SSSR count). The van der Waals surface area contributed by atoms with Crippen LogP contribution in [0.25, 0.3) is 5.57 Å². The zero-order valence-electron chi connectivity index (χ0n) is 22.2. The number of nitrogens with one attached hydrogen (secondary N) is 2. The van der Waals surface area contributed by atoms with Gasteiger partial charge in [-0.25, -0.2) is 4.79 Å². The fourth-order valence-corrected chi connectivity index (χ4v) is 3.26. The highest BCUT2D eigenvalue weighted by Gasteiger charge is 2.16. The number of nitrogens with zero attached hydrogens (tertiary/aromatic N) is 3. The molecular weight excluding hydrogens is 430 g/mol. The number of pyridine rings is 1. The number of carbonyl (C=O) groups excluding carboxylic acids is 2. The summed E-state index contributed by atoms with van der Waals surface area (Å²) < 4.78 is 5.40. The Kier molecular flexibility index (Phi) is 12.4. The van der Waals surface area contributed by atoms with Crippen molar-refractivity contribution in [3.8, 4) is 0 Å². The van der Waals surface area contributed by atoms with E-state index in [4.69, 9.17) is 4.74 Å². The highest BCUT2D eigenvalue weighted by atomic mass is 16.5. The van der Waals surface area contributed by atoms with E-state index in [0.29, 0.717) is 44.2 Å². The Morgan fingerprint density at radius 2 is 1.88 bits per heavy atom. The number of allylic oxidation sites excluding steroid dienone is 3. The van der Waals surface area contributed by atoms with E-state index in [9.17, 15) is 9.59 Å². The van der Waals surface area contributed by atoms with E-state index in [-0.39, 0.29) is 11.4 Å². The maximum atomic E-state index is 12.3. The first kappa shape index (κ1) is 29.2. The second kappa shape index (κ2) is 14.4. The quantitative estimate of drug-likeness (QED) is 0.333. The van der Waals surface area contributed by atoms with Crippen molar-refractivity contribution in [2.24, 2.45) is 5.41 Å². The van der Waals surface area contributed by atoms with Gasteiger partial charge in [-0.1, -0.05) is 34.6 Å². The molecule has 0 saturated carbocycles. The number of hydrogen-bond acceptors (Lipinski definition) is 6. The average molecular weight is 474 g/mol. The summed E-state index contributed by atoms with van der Waals surface area (Å²) in [5, 5.41) is 5.75. The van der Waals surface area contributed by atoms with Gasteiger partial charge in [0, 0.05) is 56.8 Å². The molecular formula is C26H43N5O3. The number of ether oxygens (including phenoxy) is 1. The molecule has 0 spiro atoms. The van der Waals surface area contributed by atoms with E-state index in [1.165, 1.54) is 0 Å². The number of rotatable bonds is 8. The van der Waals surface area contributed by atoms with Crippen LogP contribution >= 0.6 is 0 Å². The summed E-state index contributed by atoms with van der Waals surface area (Å²) in [5.41, 5.74) is 3.83. The van der Waals surface area contributed by atoms with E-state index < -0.39 is 0 Å². The SMILES string of the molecule is CC.Cc1ncc(NC(=O)NCCC(C)(C)C)cc1C(=C/N(C)C)/C=C(\C=O)N1CCOCC1. The van der Waals surface area contributed by atoms with Crippen LogP contribution in [0.15, 0.2) is 30.2 Å². The fraction of sp³-hybridized carbons (Fsp3) is 0.577. The van der Waals surface area contributed by atoms with Crippen molar-refractivity contribution < 1.29 is 14.3 Å². The molecule has 0 radical (unpaired) electrons. The van der Waals surface area contributed by atoms with Gasteiger partial charge in [-0.2, -0.15) is 0 Å². The van der Waals surface area contributed by atoms with Crippen LogP contribution in [0, 0.1) is 12.3 Å². The monoisotopic (exact) mass is 473 g/mol. The van der Waals surface area contributed by atoms with E-state index >= 15 is 0 Å². The van der Waals surface area contributed by atoms with E-state index in [2.05, 4.69) is 36.4 Å². The van der Waals surface area contributed by atoms with E-state index in [1.807, 2.05) is 63.0 Å². The van der Waals surface area contributed by atoms with Gasteiger partial charge in [-0.05, 0) is 30.9 Å². The number of morpholine rings is 1. The molecule has 0 aliphatic carbocycles. The molecule has 2 N–H and O–H groups in total. The number of aromatic nitrogens is 1. The summed E-state index contributed by atoms with van der Waals surface area (Å²) in [6.07, 6.45) is 7.22. The van der Waals surface area contributed by atoms with Gasteiger partial charge in [-0.3, -0.25) is 9.78 Å². The van der Waals surface area contributed by atoms with Gasteiger partial charge < -0.3 is 25.2 Å². The molecule has 1 aromatic heterocycles. The maximum Gasteiger partial charge on any atom is 0.319 e. The Labute approximate surface area is 205 Å². The van der Waals surface area contributed by atoms with E-state index in [1.54, 1.807) is 6.20 Å². The highest BCUT2D eigenvalue weighted by molar-refractivity contribution is 5.90. The van der Waals surface area contributed by atoms with Crippen LogP contribution in [0.3, 0.4) is 0 Å². The van der Waals surface area contributed by atoms with Gasteiger partial charge in [0.1, 0.15) is 0 Å². The first-order valence-electron chi connectivity index (χ1n) is 12.0. The largest absolute Gasteiger partial charge is 0.383 e. The van der Waals surface area contributed by atoms with Gasteiger partial charge in [0.15, 0.2) is 6.29 Å². The van der Waals surface area contributed by atoms with Crippen molar-refractivity contribution in [2.45, 2.75) is 48.0 Å². The molecule has 2 heterocycles. The molecule has 1 aromatic rings. The molecule has 0 atom stereocenters. The second-order valence-corrected chi connectivity index (χ2v) is 9.38. The van der Waals surface area contributed by atoms with Crippen molar-refractivity contribution in [3.05, 3.63) is 41.5 Å². The standard InChI is InChI=1S/C24H37N5O3.C2H6/c1-18-22(14-20(15-26-18)27-23(31)25-8-7-24(2,3)4)19(16-28(5)6)13-21(17-30)29-9-11-32-12-10-29;1-2/h13-17H,7-12H2,1-6H3,(H2,25,27,31);1-2H3/b19-16+,21-13+;. The van der Waals surface area contributed by atoms with Crippen molar-refractivity contribution in [1.82, 2.24) is 20.1 Å². The molecule has 8 heteroatoms. The molecule has 2 amide bonds. The molecule has 1 aliphatic rings. The molecule has 0 unspecified atom stereocenters. The summed E-state index contributed by atoms with van der Waals surface area (Å²) >= 11 is 0. The zero-order chi connectivity index (χ0) is 25.7. The highest BCUT2D eigenvalue weighted by Crippen LogP contribution is 2.25. The first-order chi connectivity index (χ1) is 16.1. The minimum absolute atomic E-state index is 0.154. The van der Waals surface area contributed by atoms with E-state index in [0.717, 1.165) is 29.5 Å². The number of aryl methyl sites for hydroxylation is 1. The molecule has 0 bridgehead atoms. The maximum absolute atomic E-state index is 12.3. The van der Waals surface area contributed by atoms with Crippen LogP contribution in [-0.4, -0.2) is 74.0 Å².